The summed E-state index contributed by atoms with van der Waals surface area (Å²) in [7, 11) is 0. The van der Waals surface area contributed by atoms with E-state index < -0.39 is 0 Å². The van der Waals surface area contributed by atoms with Gasteiger partial charge in [-0.05, 0) is 41.1 Å². The molecule has 0 bridgehead atoms. The number of carbonyl (C=O) groups is 1. The molecule has 1 rings (SSSR count). The van der Waals surface area contributed by atoms with Gasteiger partial charge >= 0.3 is 5.97 Å². The van der Waals surface area contributed by atoms with E-state index in [0.717, 1.165) is 10.2 Å². The third-order valence-corrected chi connectivity index (χ3v) is 2.80. The zero-order chi connectivity index (χ0) is 12.0. The normalized spacial score (nSPS) is 9.94. The average Bonchev–Trinajstić information content (AvgIpc) is 2.23. The molecule has 1 N–H and O–H groups in total. The summed E-state index contributed by atoms with van der Waals surface area (Å²) >= 11 is 9.25. The molecule has 0 aliphatic heterocycles. The number of nitrogens with one attached hydrogen (secondary N) is 1. The lowest BCUT2D eigenvalue weighted by molar-refractivity contribution is -0.142. The van der Waals surface area contributed by atoms with Crippen LogP contribution in [0, 0.1) is 0 Å². The second-order valence-corrected chi connectivity index (χ2v) is 4.40. The lowest BCUT2D eigenvalue weighted by atomic mass is 10.3. The monoisotopic (exact) mass is 305 g/mol. The van der Waals surface area contributed by atoms with Gasteiger partial charge in [0.1, 0.15) is 0 Å². The van der Waals surface area contributed by atoms with Crippen LogP contribution in [0.1, 0.15) is 13.3 Å². The van der Waals surface area contributed by atoms with Crippen LogP contribution >= 0.6 is 27.5 Å². The average molecular weight is 307 g/mol. The number of anilines is 1. The van der Waals surface area contributed by atoms with Gasteiger partial charge in [0.25, 0.3) is 0 Å². The minimum absolute atomic E-state index is 0.201. The summed E-state index contributed by atoms with van der Waals surface area (Å²) in [6.07, 6.45) is 0.340. The zero-order valence-corrected chi connectivity index (χ0v) is 11.3. The first-order chi connectivity index (χ1) is 7.63. The van der Waals surface area contributed by atoms with E-state index in [0.29, 0.717) is 24.6 Å². The van der Waals surface area contributed by atoms with E-state index in [1.165, 1.54) is 0 Å². The Labute approximate surface area is 108 Å². The van der Waals surface area contributed by atoms with Crippen molar-refractivity contribution in [1.82, 2.24) is 0 Å². The maximum Gasteiger partial charge on any atom is 0.307 e. The number of hydrogen-bond acceptors (Lipinski definition) is 3. The van der Waals surface area contributed by atoms with Crippen LogP contribution < -0.4 is 5.32 Å². The van der Waals surface area contributed by atoms with Crippen molar-refractivity contribution in [1.29, 1.82) is 0 Å². The molecule has 0 fully saturated rings. The third kappa shape index (κ3) is 4.41. The van der Waals surface area contributed by atoms with Crippen molar-refractivity contribution in [2.75, 3.05) is 18.5 Å². The molecule has 88 valence electrons. The summed E-state index contributed by atoms with van der Waals surface area (Å²) in [5.74, 6) is -0.201. The topological polar surface area (TPSA) is 38.3 Å². The number of halogens is 2. The fourth-order valence-electron chi connectivity index (χ4n) is 1.17. The molecule has 5 heteroatoms. The molecular formula is C11H13BrClNO2. The number of carbonyl (C=O) groups excluding carboxylic acids is 1. The Morgan fingerprint density at radius 3 is 3.00 bits per heavy atom. The van der Waals surface area contributed by atoms with Crippen LogP contribution in [0.25, 0.3) is 0 Å². The van der Waals surface area contributed by atoms with Gasteiger partial charge in [-0.2, -0.15) is 0 Å². The SMILES string of the molecule is CCOC(=O)CCNc1cc(Cl)ccc1Br. The van der Waals surface area contributed by atoms with Crippen LogP contribution in [0.15, 0.2) is 22.7 Å². The van der Waals surface area contributed by atoms with Gasteiger partial charge in [-0.15, -0.1) is 0 Å². The highest BCUT2D eigenvalue weighted by Crippen LogP contribution is 2.25. The highest BCUT2D eigenvalue weighted by Gasteiger charge is 2.03. The first kappa shape index (κ1) is 13.3. The number of benzene rings is 1. The lowest BCUT2D eigenvalue weighted by Gasteiger charge is -2.08. The Morgan fingerprint density at radius 1 is 1.56 bits per heavy atom. The minimum Gasteiger partial charge on any atom is -0.466 e. The molecule has 0 atom stereocenters. The number of hydrogen-bond donors (Lipinski definition) is 1. The summed E-state index contributed by atoms with van der Waals surface area (Å²) in [5, 5.41) is 3.77. The van der Waals surface area contributed by atoms with E-state index in [-0.39, 0.29) is 5.97 Å². The van der Waals surface area contributed by atoms with E-state index in [1.807, 2.05) is 6.07 Å². The van der Waals surface area contributed by atoms with E-state index in [1.54, 1.807) is 19.1 Å². The van der Waals surface area contributed by atoms with Crippen molar-refractivity contribution < 1.29 is 9.53 Å². The fourth-order valence-corrected chi connectivity index (χ4v) is 1.72. The standard InChI is InChI=1S/C11H13BrClNO2/c1-2-16-11(15)5-6-14-10-7-8(13)3-4-9(10)12/h3-4,7,14H,2,5-6H2,1H3. The molecule has 1 aromatic carbocycles. The molecule has 0 unspecified atom stereocenters. The number of esters is 1. The van der Waals surface area contributed by atoms with Gasteiger partial charge in [0.2, 0.25) is 0 Å². The predicted octanol–water partition coefficient (Wildman–Crippen LogP) is 3.47. The largest absolute Gasteiger partial charge is 0.466 e. The molecule has 0 amide bonds. The summed E-state index contributed by atoms with van der Waals surface area (Å²) < 4.78 is 5.73. The Morgan fingerprint density at radius 2 is 2.31 bits per heavy atom. The van der Waals surface area contributed by atoms with E-state index >= 15 is 0 Å². The first-order valence-electron chi connectivity index (χ1n) is 4.98. The highest BCUT2D eigenvalue weighted by molar-refractivity contribution is 9.10. The summed E-state index contributed by atoms with van der Waals surface area (Å²) in [6, 6.07) is 5.45. The molecule has 0 saturated carbocycles. The highest BCUT2D eigenvalue weighted by atomic mass is 79.9. The van der Waals surface area contributed by atoms with Gasteiger partial charge in [-0.25, -0.2) is 0 Å². The minimum atomic E-state index is -0.201. The van der Waals surface area contributed by atoms with Gasteiger partial charge < -0.3 is 10.1 Å². The fraction of sp³-hybridized carbons (Fsp3) is 0.364. The Kier molecular flexibility index (Phi) is 5.63. The molecule has 0 aliphatic rings. The second kappa shape index (κ2) is 6.76. The molecular weight excluding hydrogens is 293 g/mol. The van der Waals surface area contributed by atoms with E-state index in [4.69, 9.17) is 16.3 Å². The summed E-state index contributed by atoms with van der Waals surface area (Å²) in [5.41, 5.74) is 0.872. The van der Waals surface area contributed by atoms with Gasteiger partial charge in [0.05, 0.1) is 13.0 Å². The number of rotatable bonds is 5. The van der Waals surface area contributed by atoms with Crippen molar-refractivity contribution in [2.24, 2.45) is 0 Å². The zero-order valence-electron chi connectivity index (χ0n) is 8.93. The second-order valence-electron chi connectivity index (χ2n) is 3.11. The molecule has 0 saturated heterocycles. The van der Waals surface area contributed by atoms with Crippen LogP contribution in [0.2, 0.25) is 5.02 Å². The van der Waals surface area contributed by atoms with Crippen LogP contribution in [0.4, 0.5) is 5.69 Å². The van der Waals surface area contributed by atoms with Gasteiger partial charge in [-0.3, -0.25) is 4.79 Å². The van der Waals surface area contributed by atoms with Gasteiger partial charge in [0, 0.05) is 21.7 Å². The molecule has 0 spiro atoms. The molecule has 0 radical (unpaired) electrons. The maximum absolute atomic E-state index is 11.1. The maximum atomic E-state index is 11.1. The number of ether oxygens (including phenoxy) is 1. The molecule has 0 heterocycles. The van der Waals surface area contributed by atoms with E-state index in [9.17, 15) is 4.79 Å². The molecule has 0 aromatic heterocycles. The molecule has 1 aromatic rings. The molecule has 3 nitrogen and oxygen atoms in total. The Balaban J connectivity index is 2.42. The smallest absolute Gasteiger partial charge is 0.307 e. The summed E-state index contributed by atoms with van der Waals surface area (Å²) in [6.45, 7) is 2.73. The third-order valence-electron chi connectivity index (χ3n) is 1.88. The van der Waals surface area contributed by atoms with Crippen LogP contribution in [-0.2, 0) is 9.53 Å². The summed E-state index contributed by atoms with van der Waals surface area (Å²) in [4.78, 5) is 11.1. The van der Waals surface area contributed by atoms with Crippen molar-refractivity contribution in [3.05, 3.63) is 27.7 Å². The van der Waals surface area contributed by atoms with Gasteiger partial charge in [0.15, 0.2) is 0 Å². The quantitative estimate of drug-likeness (QED) is 0.847. The van der Waals surface area contributed by atoms with Crippen LogP contribution in [-0.4, -0.2) is 19.1 Å². The molecule has 0 aliphatic carbocycles. The van der Waals surface area contributed by atoms with Gasteiger partial charge in [-0.1, -0.05) is 11.6 Å². The van der Waals surface area contributed by atoms with Crippen LogP contribution in [0.5, 0.6) is 0 Å². The van der Waals surface area contributed by atoms with Crippen LogP contribution in [0.3, 0.4) is 0 Å². The Hall–Kier alpha value is -0.740. The molecule has 16 heavy (non-hydrogen) atoms. The van der Waals surface area contributed by atoms with Crippen molar-refractivity contribution in [2.45, 2.75) is 13.3 Å². The van der Waals surface area contributed by atoms with E-state index in [2.05, 4.69) is 21.2 Å². The first-order valence-corrected chi connectivity index (χ1v) is 6.15. The van der Waals surface area contributed by atoms with Crippen molar-refractivity contribution in [3.63, 3.8) is 0 Å². The van der Waals surface area contributed by atoms with Crippen molar-refractivity contribution in [3.8, 4) is 0 Å². The predicted molar refractivity (Wildman–Crippen MR) is 68.9 cm³/mol. The van der Waals surface area contributed by atoms with Crippen molar-refractivity contribution >= 4 is 39.2 Å². The Bertz CT molecular complexity index is 371. The lowest BCUT2D eigenvalue weighted by Crippen LogP contribution is -2.11.